The standard InChI is InChI=1S/C13H17FN2O4/c1-15(7-3-2-4-8-17)13(18)11-6-5-10(16(19)20)9-12(11)14/h5-6,9,17H,2-4,7-8H2,1H3. The van der Waals surface area contributed by atoms with E-state index in [1.165, 1.54) is 4.90 Å². The van der Waals surface area contributed by atoms with Crippen molar-refractivity contribution in [1.82, 2.24) is 4.90 Å². The largest absolute Gasteiger partial charge is 0.396 e. The van der Waals surface area contributed by atoms with Crippen molar-refractivity contribution in [2.24, 2.45) is 0 Å². The maximum Gasteiger partial charge on any atom is 0.272 e. The average molecular weight is 284 g/mol. The molecule has 0 aliphatic heterocycles. The van der Waals surface area contributed by atoms with Crippen LogP contribution in [0, 0.1) is 15.9 Å². The van der Waals surface area contributed by atoms with E-state index < -0.39 is 16.6 Å². The molecule has 1 amide bonds. The van der Waals surface area contributed by atoms with Gasteiger partial charge in [-0.1, -0.05) is 0 Å². The molecule has 0 radical (unpaired) electrons. The lowest BCUT2D eigenvalue weighted by Crippen LogP contribution is -2.28. The Balaban J connectivity index is 2.69. The van der Waals surface area contributed by atoms with Gasteiger partial charge in [0.25, 0.3) is 11.6 Å². The van der Waals surface area contributed by atoms with Crippen molar-refractivity contribution in [2.45, 2.75) is 19.3 Å². The fourth-order valence-electron chi connectivity index (χ4n) is 1.74. The number of non-ortho nitro benzene ring substituents is 1. The Labute approximate surface area is 116 Å². The first-order valence-electron chi connectivity index (χ1n) is 6.27. The lowest BCUT2D eigenvalue weighted by Gasteiger charge is -2.17. The first kappa shape index (κ1) is 16.0. The van der Waals surface area contributed by atoms with Crippen LogP contribution in [0.2, 0.25) is 0 Å². The summed E-state index contributed by atoms with van der Waals surface area (Å²) in [7, 11) is 1.54. The number of nitrogens with zero attached hydrogens (tertiary/aromatic N) is 2. The molecule has 0 spiro atoms. The molecule has 0 aliphatic rings. The zero-order valence-electron chi connectivity index (χ0n) is 11.2. The fraction of sp³-hybridized carbons (Fsp3) is 0.462. The molecular formula is C13H17FN2O4. The van der Waals surface area contributed by atoms with E-state index in [0.29, 0.717) is 19.4 Å². The van der Waals surface area contributed by atoms with Gasteiger partial charge >= 0.3 is 0 Å². The summed E-state index contributed by atoms with van der Waals surface area (Å²) in [4.78, 5) is 23.1. The molecule has 7 heteroatoms. The van der Waals surface area contributed by atoms with Crippen LogP contribution in [-0.2, 0) is 0 Å². The Hall–Kier alpha value is -2.02. The number of hydrogen-bond acceptors (Lipinski definition) is 4. The third-order valence-corrected chi connectivity index (χ3v) is 2.89. The molecule has 0 saturated heterocycles. The SMILES string of the molecule is CN(CCCCCO)C(=O)c1ccc([N+](=O)[O-])cc1F. The summed E-state index contributed by atoms with van der Waals surface area (Å²) in [6.45, 7) is 0.546. The van der Waals surface area contributed by atoms with Crippen LogP contribution in [-0.4, -0.2) is 41.0 Å². The number of halogens is 1. The molecule has 0 atom stereocenters. The molecule has 0 heterocycles. The number of unbranched alkanes of at least 4 members (excludes halogenated alkanes) is 2. The van der Waals surface area contributed by atoms with E-state index >= 15 is 0 Å². The molecule has 0 bridgehead atoms. The van der Waals surface area contributed by atoms with Crippen LogP contribution < -0.4 is 0 Å². The number of rotatable bonds is 7. The second-order valence-electron chi connectivity index (χ2n) is 4.43. The van der Waals surface area contributed by atoms with Gasteiger partial charge in [-0.05, 0) is 25.3 Å². The molecule has 0 saturated carbocycles. The maximum atomic E-state index is 13.7. The van der Waals surface area contributed by atoms with Crippen molar-refractivity contribution in [1.29, 1.82) is 0 Å². The molecule has 6 nitrogen and oxygen atoms in total. The molecule has 0 unspecified atom stereocenters. The van der Waals surface area contributed by atoms with Crippen molar-refractivity contribution >= 4 is 11.6 Å². The summed E-state index contributed by atoms with van der Waals surface area (Å²) >= 11 is 0. The third kappa shape index (κ3) is 4.27. The van der Waals surface area contributed by atoms with Gasteiger partial charge in [0.2, 0.25) is 0 Å². The lowest BCUT2D eigenvalue weighted by molar-refractivity contribution is -0.385. The highest BCUT2D eigenvalue weighted by atomic mass is 19.1. The monoisotopic (exact) mass is 284 g/mol. The number of hydrogen-bond donors (Lipinski definition) is 1. The van der Waals surface area contributed by atoms with Crippen molar-refractivity contribution in [3.05, 3.63) is 39.7 Å². The van der Waals surface area contributed by atoms with Crippen molar-refractivity contribution in [3.8, 4) is 0 Å². The van der Waals surface area contributed by atoms with Crippen LogP contribution in [0.4, 0.5) is 10.1 Å². The van der Waals surface area contributed by atoms with E-state index in [0.717, 1.165) is 24.6 Å². The minimum absolute atomic E-state index is 0.106. The molecule has 1 aromatic rings. The zero-order valence-corrected chi connectivity index (χ0v) is 11.2. The fourth-order valence-corrected chi connectivity index (χ4v) is 1.74. The van der Waals surface area contributed by atoms with Gasteiger partial charge in [-0.25, -0.2) is 4.39 Å². The van der Waals surface area contributed by atoms with E-state index in [2.05, 4.69) is 0 Å². The van der Waals surface area contributed by atoms with Gasteiger partial charge < -0.3 is 10.0 Å². The minimum Gasteiger partial charge on any atom is -0.396 e. The van der Waals surface area contributed by atoms with Crippen LogP contribution in [0.15, 0.2) is 18.2 Å². The van der Waals surface area contributed by atoms with Gasteiger partial charge in [-0.3, -0.25) is 14.9 Å². The second kappa shape index (κ2) is 7.54. The Bertz CT molecular complexity index is 493. The number of amides is 1. The van der Waals surface area contributed by atoms with Crippen LogP contribution in [0.25, 0.3) is 0 Å². The highest BCUT2D eigenvalue weighted by Crippen LogP contribution is 2.17. The van der Waals surface area contributed by atoms with E-state index in [4.69, 9.17) is 5.11 Å². The Morgan fingerprint density at radius 3 is 2.65 bits per heavy atom. The molecule has 20 heavy (non-hydrogen) atoms. The van der Waals surface area contributed by atoms with Gasteiger partial charge in [0.1, 0.15) is 5.82 Å². The first-order chi connectivity index (χ1) is 9.47. The first-order valence-corrected chi connectivity index (χ1v) is 6.27. The van der Waals surface area contributed by atoms with Gasteiger partial charge in [0, 0.05) is 26.3 Å². The smallest absolute Gasteiger partial charge is 0.272 e. The number of aliphatic hydroxyl groups excluding tert-OH is 1. The van der Waals surface area contributed by atoms with E-state index in [1.807, 2.05) is 0 Å². The molecule has 110 valence electrons. The summed E-state index contributed by atoms with van der Waals surface area (Å²) < 4.78 is 13.7. The van der Waals surface area contributed by atoms with Gasteiger partial charge in [-0.2, -0.15) is 0 Å². The summed E-state index contributed by atoms with van der Waals surface area (Å²) in [6, 6.07) is 2.97. The Morgan fingerprint density at radius 1 is 1.40 bits per heavy atom. The van der Waals surface area contributed by atoms with Gasteiger partial charge in [0.15, 0.2) is 0 Å². The van der Waals surface area contributed by atoms with Gasteiger partial charge in [-0.15, -0.1) is 0 Å². The number of nitro groups is 1. The van der Waals surface area contributed by atoms with Crippen LogP contribution in [0.3, 0.4) is 0 Å². The second-order valence-corrected chi connectivity index (χ2v) is 4.43. The summed E-state index contributed by atoms with van der Waals surface area (Å²) in [5.74, 6) is -1.41. The quantitative estimate of drug-likeness (QED) is 0.471. The predicted octanol–water partition coefficient (Wildman–Crippen LogP) is 1.97. The number of carbonyl (C=O) groups is 1. The molecule has 1 rings (SSSR count). The summed E-state index contributed by atoms with van der Waals surface area (Å²) in [5, 5.41) is 19.1. The van der Waals surface area contributed by atoms with E-state index in [-0.39, 0.29) is 17.9 Å². The number of nitro benzene ring substituents is 1. The van der Waals surface area contributed by atoms with Gasteiger partial charge in [0.05, 0.1) is 16.6 Å². The molecule has 0 fully saturated rings. The summed E-state index contributed by atoms with van der Waals surface area (Å²) in [6.07, 6.45) is 2.14. The average Bonchev–Trinajstić information content (AvgIpc) is 2.42. The van der Waals surface area contributed by atoms with Crippen LogP contribution >= 0.6 is 0 Å². The van der Waals surface area contributed by atoms with Crippen molar-refractivity contribution in [3.63, 3.8) is 0 Å². The van der Waals surface area contributed by atoms with Crippen molar-refractivity contribution in [2.75, 3.05) is 20.2 Å². The van der Waals surface area contributed by atoms with E-state index in [1.54, 1.807) is 7.05 Å². The molecule has 1 N–H and O–H groups in total. The molecular weight excluding hydrogens is 267 g/mol. The maximum absolute atomic E-state index is 13.7. The van der Waals surface area contributed by atoms with Crippen LogP contribution in [0.5, 0.6) is 0 Å². The zero-order chi connectivity index (χ0) is 15.1. The normalized spacial score (nSPS) is 10.3. The third-order valence-electron chi connectivity index (χ3n) is 2.89. The summed E-state index contributed by atoms with van der Waals surface area (Å²) in [5.41, 5.74) is -0.565. The molecule has 0 aromatic heterocycles. The van der Waals surface area contributed by atoms with Crippen LogP contribution in [0.1, 0.15) is 29.6 Å². The number of aliphatic hydroxyl groups is 1. The highest BCUT2D eigenvalue weighted by Gasteiger charge is 2.18. The predicted molar refractivity (Wildman–Crippen MR) is 71.0 cm³/mol. The minimum atomic E-state index is -0.897. The Kier molecular flexibility index (Phi) is 6.05. The number of benzene rings is 1. The molecule has 0 aliphatic carbocycles. The topological polar surface area (TPSA) is 83.7 Å². The number of carbonyl (C=O) groups excluding carboxylic acids is 1. The highest BCUT2D eigenvalue weighted by molar-refractivity contribution is 5.94. The lowest BCUT2D eigenvalue weighted by atomic mass is 10.1. The Morgan fingerprint density at radius 2 is 2.10 bits per heavy atom. The molecule has 1 aromatic carbocycles. The van der Waals surface area contributed by atoms with Crippen molar-refractivity contribution < 1.29 is 19.2 Å². The van der Waals surface area contributed by atoms with E-state index in [9.17, 15) is 19.3 Å².